The van der Waals surface area contributed by atoms with E-state index in [0.717, 1.165) is 21.6 Å². The molecule has 0 aromatic carbocycles. The molecule has 0 aromatic rings. The number of carbonyl (C=O) groups is 12. The van der Waals surface area contributed by atoms with Gasteiger partial charge in [-0.15, -0.1) is 0 Å². The lowest BCUT2D eigenvalue weighted by molar-refractivity contribution is -0.164. The van der Waals surface area contributed by atoms with Crippen LogP contribution < -0.4 is 21.3 Å². The van der Waals surface area contributed by atoms with Crippen LogP contribution in [0.2, 0.25) is 0 Å². The first kappa shape index (κ1) is 82.4. The van der Waals surface area contributed by atoms with Crippen LogP contribution in [0.3, 0.4) is 0 Å². The van der Waals surface area contributed by atoms with Crippen LogP contribution in [-0.2, 0) is 62.3 Å². The molecule has 14 atom stereocenters. The second kappa shape index (κ2) is 37.8. The summed E-state index contributed by atoms with van der Waals surface area (Å²) < 4.78 is 5.94. The molecule has 0 bridgehead atoms. The molecule has 25 nitrogen and oxygen atoms in total. The zero-order chi connectivity index (χ0) is 70.5. The quantitative estimate of drug-likeness (QED) is 0.0969. The largest absolute Gasteiger partial charge is 0.459 e. The summed E-state index contributed by atoms with van der Waals surface area (Å²) in [6.45, 7) is 30.0. The van der Waals surface area contributed by atoms with Gasteiger partial charge in [-0.3, -0.25) is 57.5 Å². The standard InChI is InChI=1S/C66H117N11O14/c1-26-28-29-42(14)55(91-46(18)79)54-59(83)69-47(27-2)62(86)71(19)45(17)61(85)76(24)53(41(13)32-33-78)58(82)70-51(39(9)10)65(89)72(20)48(31-30-36(3)4)57(81)67-43(15)56(80)68-44(16)60(84)73(21)49(34-37(5)6)63(87)74(22)50(35-38(7)8)64(88)75(23)52(40(11)12)66(90)77(54)25/h26,28,36-45,47-55,78H,27,29-35H2,1-25H3,(H,67,81)(H,68,80)(H,69,83)(H,70,82)/b28-26+/t41-,42-,43+,44-,45-,47+,48+,49+,50+,51+,52+,53+,54+,55-/m1/s1. The van der Waals surface area contributed by atoms with Gasteiger partial charge in [0.05, 0.1) is 0 Å². The first-order valence-electron chi connectivity index (χ1n) is 32.6. The molecule has 25 heteroatoms. The predicted octanol–water partition coefficient (Wildman–Crippen LogP) is 3.59. The summed E-state index contributed by atoms with van der Waals surface area (Å²) in [7, 11) is 9.78. The van der Waals surface area contributed by atoms with Gasteiger partial charge in [0.2, 0.25) is 65.0 Å². The van der Waals surface area contributed by atoms with Crippen molar-refractivity contribution < 1.29 is 67.4 Å². The van der Waals surface area contributed by atoms with E-state index in [0.29, 0.717) is 6.42 Å². The van der Waals surface area contributed by atoms with Crippen molar-refractivity contribution in [1.29, 1.82) is 0 Å². The number of likely N-dealkylation sites (N-methyl/N-ethyl adjacent to an activating group) is 7. The number of amides is 11. The molecule has 1 rings (SSSR count). The Bertz CT molecular complexity index is 2520. The predicted molar refractivity (Wildman–Crippen MR) is 349 cm³/mol. The second-order valence-corrected chi connectivity index (χ2v) is 27.2. The molecular weight excluding hydrogens is 1170 g/mol. The number of aliphatic hydroxyl groups is 1. The lowest BCUT2D eigenvalue weighted by Gasteiger charge is -2.42. The Morgan fingerprint density at radius 1 is 0.505 bits per heavy atom. The van der Waals surface area contributed by atoms with Gasteiger partial charge < -0.3 is 65.4 Å². The lowest BCUT2D eigenvalue weighted by Crippen LogP contribution is -2.64. The minimum absolute atomic E-state index is 0.0362. The third kappa shape index (κ3) is 22.9. The number of allylic oxidation sites excluding steroid dienone is 2. The zero-order valence-corrected chi connectivity index (χ0v) is 59.7. The number of hydrogen-bond donors (Lipinski definition) is 5. The van der Waals surface area contributed by atoms with Gasteiger partial charge in [0.1, 0.15) is 72.6 Å². The highest BCUT2D eigenvalue weighted by Gasteiger charge is 2.47. The molecule has 1 heterocycles. The average molecular weight is 1290 g/mol. The van der Waals surface area contributed by atoms with Gasteiger partial charge in [0, 0.05) is 62.9 Å². The van der Waals surface area contributed by atoms with Crippen molar-refractivity contribution in [3.8, 4) is 0 Å². The average Bonchev–Trinajstić information content (AvgIpc) is 1.58. The molecule has 1 aliphatic heterocycles. The van der Waals surface area contributed by atoms with Gasteiger partial charge in [0.25, 0.3) is 0 Å². The van der Waals surface area contributed by atoms with Crippen LogP contribution in [0, 0.1) is 41.4 Å². The maximum absolute atomic E-state index is 15.4. The topological polar surface area (TPSA) is 305 Å². The van der Waals surface area contributed by atoms with E-state index in [4.69, 9.17) is 4.74 Å². The van der Waals surface area contributed by atoms with E-state index in [1.165, 1.54) is 89.7 Å². The minimum Gasteiger partial charge on any atom is -0.459 e. The molecule has 0 aromatic heterocycles. The Balaban J connectivity index is 4.53. The number of ether oxygens (including phenoxy) is 1. The number of rotatable bonds is 18. The SMILES string of the molecule is C/C=C/C[C@@H](C)[C@@H](OC(C)=O)[C@H]1C(=O)N[C@@H](CC)C(=O)N(C)[C@H](C)C(=O)N(C)[C@@H]([C@H](C)CCO)C(=O)N[C@@H](C(C)C)C(=O)N(C)[C@@H](CCC(C)C)C(=O)N[C@@H](C)C(=O)N[C@H](C)C(=O)N(C)[C@@H](CC(C)C)C(=O)N(C)[C@@H](CC(C)C)C(=O)N(C)[C@@H](C(C)C)C(=O)N1C. The van der Waals surface area contributed by atoms with E-state index in [1.54, 1.807) is 67.5 Å². The van der Waals surface area contributed by atoms with Gasteiger partial charge in [-0.05, 0) is 114 Å². The number of nitrogens with zero attached hydrogens (tertiary/aromatic N) is 7. The number of esters is 1. The van der Waals surface area contributed by atoms with Crippen LogP contribution in [0.4, 0.5) is 0 Å². The van der Waals surface area contributed by atoms with Crippen LogP contribution in [0.15, 0.2) is 12.2 Å². The van der Waals surface area contributed by atoms with E-state index in [2.05, 4.69) is 21.3 Å². The van der Waals surface area contributed by atoms with Crippen molar-refractivity contribution >= 4 is 70.9 Å². The van der Waals surface area contributed by atoms with Crippen molar-refractivity contribution in [1.82, 2.24) is 55.6 Å². The van der Waals surface area contributed by atoms with Crippen LogP contribution in [0.1, 0.15) is 170 Å². The fraction of sp³-hybridized carbons (Fsp3) is 0.788. The van der Waals surface area contributed by atoms with Crippen LogP contribution >= 0.6 is 0 Å². The highest BCUT2D eigenvalue weighted by Crippen LogP contribution is 2.27. The fourth-order valence-corrected chi connectivity index (χ4v) is 11.6. The van der Waals surface area contributed by atoms with Crippen molar-refractivity contribution in [3.05, 3.63) is 12.2 Å². The molecule has 91 heavy (non-hydrogen) atoms. The highest BCUT2D eigenvalue weighted by molar-refractivity contribution is 6.00. The van der Waals surface area contributed by atoms with E-state index in [1.807, 2.05) is 41.5 Å². The smallest absolute Gasteiger partial charge is 0.303 e. The Morgan fingerprint density at radius 2 is 0.978 bits per heavy atom. The van der Waals surface area contributed by atoms with Crippen LogP contribution in [-0.4, -0.2) is 239 Å². The lowest BCUT2D eigenvalue weighted by atomic mass is 9.91. The Labute approximate surface area is 543 Å². The van der Waals surface area contributed by atoms with E-state index < -0.39 is 167 Å². The summed E-state index contributed by atoms with van der Waals surface area (Å²) in [5, 5.41) is 21.2. The summed E-state index contributed by atoms with van der Waals surface area (Å²) >= 11 is 0. The molecule has 520 valence electrons. The molecule has 5 N–H and O–H groups in total. The Kier molecular flexibility index (Phi) is 34.2. The van der Waals surface area contributed by atoms with E-state index in [-0.39, 0.29) is 62.9 Å². The number of aliphatic hydroxyl groups excluding tert-OH is 1. The summed E-state index contributed by atoms with van der Waals surface area (Å²) in [6, 6.07) is -14.2. The van der Waals surface area contributed by atoms with Gasteiger partial charge in [-0.1, -0.05) is 102 Å². The monoisotopic (exact) mass is 1290 g/mol. The fourth-order valence-electron chi connectivity index (χ4n) is 11.6. The molecular formula is C66H117N11O14. The Morgan fingerprint density at radius 3 is 1.44 bits per heavy atom. The summed E-state index contributed by atoms with van der Waals surface area (Å²) in [6.07, 6.45) is 3.40. The maximum atomic E-state index is 15.4. The minimum atomic E-state index is -1.63. The molecule has 0 saturated carbocycles. The van der Waals surface area contributed by atoms with Gasteiger partial charge in [-0.2, -0.15) is 0 Å². The Hall–Kier alpha value is -6.66. The number of hydrogen-bond acceptors (Lipinski definition) is 14. The van der Waals surface area contributed by atoms with Crippen molar-refractivity contribution in [2.75, 3.05) is 55.9 Å². The first-order chi connectivity index (χ1) is 42.1. The molecule has 0 aliphatic carbocycles. The third-order valence-corrected chi connectivity index (χ3v) is 17.5. The summed E-state index contributed by atoms with van der Waals surface area (Å²) in [5.41, 5.74) is 0. The number of nitrogens with one attached hydrogen (secondary N) is 4. The second-order valence-electron chi connectivity index (χ2n) is 27.2. The normalized spacial score (nSPS) is 27.0. The number of carbonyl (C=O) groups excluding carboxylic acids is 12. The van der Waals surface area contributed by atoms with Crippen molar-refractivity contribution in [2.45, 2.75) is 242 Å². The van der Waals surface area contributed by atoms with Crippen LogP contribution in [0.25, 0.3) is 0 Å². The van der Waals surface area contributed by atoms with Gasteiger partial charge in [0.15, 0.2) is 0 Å². The summed E-state index contributed by atoms with van der Waals surface area (Å²) in [4.78, 5) is 184. The molecule has 0 radical (unpaired) electrons. The summed E-state index contributed by atoms with van der Waals surface area (Å²) in [5.74, 6) is -11.5. The molecule has 1 fully saturated rings. The molecule has 0 spiro atoms. The van der Waals surface area contributed by atoms with Crippen molar-refractivity contribution in [3.63, 3.8) is 0 Å². The van der Waals surface area contributed by atoms with Gasteiger partial charge in [-0.25, -0.2) is 0 Å². The molecule has 11 amide bonds. The highest BCUT2D eigenvalue weighted by atomic mass is 16.5. The third-order valence-electron chi connectivity index (χ3n) is 17.5. The van der Waals surface area contributed by atoms with E-state index >= 15 is 19.2 Å². The molecule has 0 unspecified atom stereocenters. The first-order valence-corrected chi connectivity index (χ1v) is 32.6. The maximum Gasteiger partial charge on any atom is 0.303 e. The molecule has 1 aliphatic rings. The van der Waals surface area contributed by atoms with E-state index in [9.17, 15) is 43.5 Å². The van der Waals surface area contributed by atoms with Crippen LogP contribution in [0.5, 0.6) is 0 Å². The van der Waals surface area contributed by atoms with Crippen molar-refractivity contribution in [2.24, 2.45) is 41.4 Å². The zero-order valence-electron chi connectivity index (χ0n) is 59.7. The van der Waals surface area contributed by atoms with Gasteiger partial charge >= 0.3 is 5.97 Å². The molecule has 1 saturated heterocycles.